The molecule has 0 N–H and O–H groups in total. The van der Waals surface area contributed by atoms with Gasteiger partial charge in [0.1, 0.15) is 11.5 Å². The van der Waals surface area contributed by atoms with Gasteiger partial charge in [0.2, 0.25) is 0 Å². The van der Waals surface area contributed by atoms with E-state index < -0.39 is 0 Å². The van der Waals surface area contributed by atoms with E-state index in [1.54, 1.807) is 25.2 Å². The highest BCUT2D eigenvalue weighted by Crippen LogP contribution is 2.38. The number of rotatable bonds is 5. The lowest BCUT2D eigenvalue weighted by atomic mass is 10.1. The summed E-state index contributed by atoms with van der Waals surface area (Å²) in [6.07, 6.45) is 1.83. The molecule has 1 fully saturated rings. The first kappa shape index (κ1) is 19.8. The fourth-order valence-corrected chi connectivity index (χ4v) is 4.03. The Hall–Kier alpha value is -3.51. The van der Waals surface area contributed by atoms with E-state index in [0.29, 0.717) is 21.6 Å². The van der Waals surface area contributed by atoms with Gasteiger partial charge in [-0.25, -0.2) is 4.99 Å². The molecule has 0 aromatic heterocycles. The molecule has 3 aromatic carbocycles. The summed E-state index contributed by atoms with van der Waals surface area (Å²) in [5, 5.41) is 0.610. The van der Waals surface area contributed by atoms with Crippen LogP contribution in [0.15, 0.2) is 88.8 Å². The molecular formula is C24H20N2O3S. The van der Waals surface area contributed by atoms with E-state index in [0.717, 1.165) is 16.9 Å². The molecule has 3 aromatic rings. The number of amides is 1. The van der Waals surface area contributed by atoms with E-state index in [4.69, 9.17) is 14.5 Å². The van der Waals surface area contributed by atoms with E-state index in [1.807, 2.05) is 78.9 Å². The molecular weight excluding hydrogens is 396 g/mol. The van der Waals surface area contributed by atoms with Crippen LogP contribution in [0.4, 0.5) is 11.4 Å². The third-order valence-corrected chi connectivity index (χ3v) is 5.44. The molecule has 30 heavy (non-hydrogen) atoms. The molecule has 0 atom stereocenters. The number of hydrogen-bond donors (Lipinski definition) is 0. The Balaban J connectivity index is 1.77. The normalized spacial score (nSPS) is 16.3. The van der Waals surface area contributed by atoms with Gasteiger partial charge in [0.05, 0.1) is 30.5 Å². The van der Waals surface area contributed by atoms with E-state index in [2.05, 4.69) is 0 Å². The monoisotopic (exact) mass is 416 g/mol. The number of carbonyl (C=O) groups excluding carboxylic acids is 1. The van der Waals surface area contributed by atoms with Crippen LogP contribution < -0.4 is 14.4 Å². The standard InChI is InChI=1S/C24H20N2O3S/c1-28-20-13-17(14-21(16-20)29-2)15-22-23(27)26(19-11-7-4-8-12-19)24(30-22)25-18-9-5-3-6-10-18/h3-16H,1-2H3. The predicted octanol–water partition coefficient (Wildman–Crippen LogP) is 5.51. The summed E-state index contributed by atoms with van der Waals surface area (Å²) in [6.45, 7) is 0. The van der Waals surface area contributed by atoms with Crippen molar-refractivity contribution in [1.82, 2.24) is 0 Å². The second-order valence-electron chi connectivity index (χ2n) is 6.46. The van der Waals surface area contributed by atoms with Gasteiger partial charge in [0.25, 0.3) is 5.91 Å². The highest BCUT2D eigenvalue weighted by Gasteiger charge is 2.34. The maximum absolute atomic E-state index is 13.3. The minimum absolute atomic E-state index is 0.123. The number of carbonyl (C=O) groups is 1. The summed E-state index contributed by atoms with van der Waals surface area (Å²) in [5.41, 5.74) is 2.38. The van der Waals surface area contributed by atoms with E-state index in [-0.39, 0.29) is 5.91 Å². The predicted molar refractivity (Wildman–Crippen MR) is 123 cm³/mol. The maximum atomic E-state index is 13.3. The Morgan fingerprint density at radius 2 is 1.47 bits per heavy atom. The highest BCUT2D eigenvalue weighted by atomic mass is 32.2. The summed E-state index contributed by atoms with van der Waals surface area (Å²) < 4.78 is 10.7. The molecule has 1 amide bonds. The van der Waals surface area contributed by atoms with Crippen molar-refractivity contribution in [2.45, 2.75) is 0 Å². The number of anilines is 1. The Morgan fingerprint density at radius 1 is 0.867 bits per heavy atom. The summed E-state index contributed by atoms with van der Waals surface area (Å²) >= 11 is 1.34. The van der Waals surface area contributed by atoms with Gasteiger partial charge in [-0.3, -0.25) is 9.69 Å². The number of aliphatic imine (C=N–C) groups is 1. The first-order valence-electron chi connectivity index (χ1n) is 9.34. The van der Waals surface area contributed by atoms with Crippen LogP contribution in [0, 0.1) is 0 Å². The Kier molecular flexibility index (Phi) is 5.86. The van der Waals surface area contributed by atoms with Crippen molar-refractivity contribution in [3.05, 3.63) is 89.3 Å². The maximum Gasteiger partial charge on any atom is 0.271 e. The molecule has 0 bridgehead atoms. The number of nitrogens with zero attached hydrogens (tertiary/aromatic N) is 2. The van der Waals surface area contributed by atoms with Crippen LogP contribution in [0.25, 0.3) is 6.08 Å². The molecule has 6 heteroatoms. The highest BCUT2D eigenvalue weighted by molar-refractivity contribution is 8.19. The van der Waals surface area contributed by atoms with E-state index in [1.165, 1.54) is 11.8 Å². The minimum atomic E-state index is -0.123. The molecule has 1 heterocycles. The molecule has 1 saturated heterocycles. The quantitative estimate of drug-likeness (QED) is 0.515. The van der Waals surface area contributed by atoms with Crippen molar-refractivity contribution in [1.29, 1.82) is 0 Å². The van der Waals surface area contributed by atoms with Crippen LogP contribution >= 0.6 is 11.8 Å². The lowest BCUT2D eigenvalue weighted by Gasteiger charge is -2.15. The summed E-state index contributed by atoms with van der Waals surface area (Å²) in [4.78, 5) is 20.2. The molecule has 1 aliphatic rings. The number of ether oxygens (including phenoxy) is 2. The number of benzene rings is 3. The van der Waals surface area contributed by atoms with Crippen molar-refractivity contribution < 1.29 is 14.3 Å². The van der Waals surface area contributed by atoms with Gasteiger partial charge in [0, 0.05) is 6.07 Å². The zero-order valence-corrected chi connectivity index (χ0v) is 17.4. The van der Waals surface area contributed by atoms with Crippen LogP contribution in [0.5, 0.6) is 11.5 Å². The zero-order valence-electron chi connectivity index (χ0n) is 16.6. The fourth-order valence-electron chi connectivity index (χ4n) is 3.03. The largest absolute Gasteiger partial charge is 0.497 e. The van der Waals surface area contributed by atoms with Crippen molar-refractivity contribution >= 4 is 40.3 Å². The smallest absolute Gasteiger partial charge is 0.271 e. The summed E-state index contributed by atoms with van der Waals surface area (Å²) in [6, 6.07) is 24.7. The average molecular weight is 417 g/mol. The number of thioether (sulfide) groups is 1. The lowest BCUT2D eigenvalue weighted by Crippen LogP contribution is -2.28. The van der Waals surface area contributed by atoms with Gasteiger partial charge in [-0.05, 0) is 59.8 Å². The molecule has 0 spiro atoms. The van der Waals surface area contributed by atoms with Gasteiger partial charge >= 0.3 is 0 Å². The molecule has 5 nitrogen and oxygen atoms in total. The second kappa shape index (κ2) is 8.88. The Labute approximate surface area is 179 Å². The Morgan fingerprint density at radius 3 is 2.07 bits per heavy atom. The lowest BCUT2D eigenvalue weighted by molar-refractivity contribution is -0.113. The number of hydrogen-bond acceptors (Lipinski definition) is 5. The van der Waals surface area contributed by atoms with Crippen LogP contribution in [0.2, 0.25) is 0 Å². The SMILES string of the molecule is COc1cc(C=C2SC(=Nc3ccccc3)N(c3ccccc3)C2=O)cc(OC)c1. The van der Waals surface area contributed by atoms with Gasteiger partial charge in [-0.15, -0.1) is 0 Å². The minimum Gasteiger partial charge on any atom is -0.497 e. The molecule has 0 aliphatic carbocycles. The van der Waals surface area contributed by atoms with Gasteiger partial charge in [0.15, 0.2) is 5.17 Å². The summed E-state index contributed by atoms with van der Waals surface area (Å²) in [7, 11) is 3.20. The van der Waals surface area contributed by atoms with Gasteiger partial charge in [-0.2, -0.15) is 0 Å². The molecule has 0 unspecified atom stereocenters. The van der Waals surface area contributed by atoms with E-state index >= 15 is 0 Å². The first-order valence-corrected chi connectivity index (χ1v) is 10.2. The van der Waals surface area contributed by atoms with Crippen molar-refractivity contribution in [2.24, 2.45) is 4.99 Å². The third-order valence-electron chi connectivity index (χ3n) is 4.47. The number of para-hydroxylation sites is 2. The summed E-state index contributed by atoms with van der Waals surface area (Å²) in [5.74, 6) is 1.20. The van der Waals surface area contributed by atoms with Crippen molar-refractivity contribution in [3.8, 4) is 11.5 Å². The fraction of sp³-hybridized carbons (Fsp3) is 0.0833. The first-order chi connectivity index (χ1) is 14.7. The number of methoxy groups -OCH3 is 2. The molecule has 4 rings (SSSR count). The van der Waals surface area contributed by atoms with Crippen LogP contribution in [-0.2, 0) is 4.79 Å². The van der Waals surface area contributed by atoms with Crippen LogP contribution in [-0.4, -0.2) is 25.3 Å². The topological polar surface area (TPSA) is 51.1 Å². The van der Waals surface area contributed by atoms with Crippen LogP contribution in [0.1, 0.15) is 5.56 Å². The van der Waals surface area contributed by atoms with Gasteiger partial charge < -0.3 is 9.47 Å². The molecule has 0 radical (unpaired) electrons. The number of amidine groups is 1. The zero-order chi connectivity index (χ0) is 20.9. The van der Waals surface area contributed by atoms with Crippen molar-refractivity contribution in [3.63, 3.8) is 0 Å². The average Bonchev–Trinajstić information content (AvgIpc) is 3.09. The molecule has 150 valence electrons. The van der Waals surface area contributed by atoms with Gasteiger partial charge in [-0.1, -0.05) is 36.4 Å². The third kappa shape index (κ3) is 4.23. The Bertz CT molecular complexity index is 1090. The van der Waals surface area contributed by atoms with Crippen molar-refractivity contribution in [2.75, 3.05) is 19.1 Å². The van der Waals surface area contributed by atoms with Crippen LogP contribution in [0.3, 0.4) is 0 Å². The second-order valence-corrected chi connectivity index (χ2v) is 7.47. The van der Waals surface area contributed by atoms with E-state index in [9.17, 15) is 4.79 Å². The molecule has 1 aliphatic heterocycles. The molecule has 0 saturated carbocycles.